The number of aliphatic hydroxyl groups excluding tert-OH is 1. The van der Waals surface area contributed by atoms with Crippen LogP contribution in [-0.2, 0) is 0 Å². The van der Waals surface area contributed by atoms with Crippen LogP contribution in [0.1, 0.15) is 23.4 Å². The minimum Gasteiger partial charge on any atom is -0.491 e. The summed E-state index contributed by atoms with van der Waals surface area (Å²) in [7, 11) is 3.68. The second-order valence-corrected chi connectivity index (χ2v) is 9.96. The van der Waals surface area contributed by atoms with Crippen molar-refractivity contribution < 1.29 is 18.8 Å². The topological polar surface area (TPSA) is 109 Å². The SMILES string of the molecule is CNCC(O)COc1ccc(Cl)c(-c2nc(NC3CCN(C)CC3F)c(C)c(-c3c(C)noc3C)n2)c1. The van der Waals surface area contributed by atoms with E-state index in [-0.39, 0.29) is 12.6 Å². The van der Waals surface area contributed by atoms with Crippen LogP contribution in [0.3, 0.4) is 0 Å². The molecule has 0 amide bonds. The average Bonchev–Trinajstić information content (AvgIpc) is 3.19. The van der Waals surface area contributed by atoms with Crippen molar-refractivity contribution in [3.05, 3.63) is 40.2 Å². The van der Waals surface area contributed by atoms with Crippen molar-refractivity contribution in [1.29, 1.82) is 0 Å². The number of anilines is 1. The van der Waals surface area contributed by atoms with Crippen LogP contribution < -0.4 is 15.4 Å². The Kier molecular flexibility index (Phi) is 8.63. The van der Waals surface area contributed by atoms with Crippen LogP contribution in [0, 0.1) is 20.8 Å². The molecule has 3 atom stereocenters. The van der Waals surface area contributed by atoms with Crippen LogP contribution in [-0.4, -0.2) is 83.8 Å². The minimum atomic E-state index is -1.04. The van der Waals surface area contributed by atoms with Gasteiger partial charge in [-0.3, -0.25) is 0 Å². The Labute approximate surface area is 221 Å². The number of benzene rings is 1. The highest BCUT2D eigenvalue weighted by molar-refractivity contribution is 6.33. The molecule has 9 nitrogen and oxygen atoms in total. The second-order valence-electron chi connectivity index (χ2n) is 9.55. The quantitative estimate of drug-likeness (QED) is 0.379. The molecule has 2 aromatic heterocycles. The first-order valence-corrected chi connectivity index (χ1v) is 12.7. The van der Waals surface area contributed by atoms with E-state index in [0.29, 0.717) is 64.6 Å². The summed E-state index contributed by atoms with van der Waals surface area (Å²) in [5.41, 5.74) is 3.42. The largest absolute Gasteiger partial charge is 0.491 e. The summed E-state index contributed by atoms with van der Waals surface area (Å²) in [4.78, 5) is 11.6. The number of likely N-dealkylation sites (N-methyl/N-ethyl adjacent to an activating group) is 1. The first-order chi connectivity index (χ1) is 17.7. The first-order valence-electron chi connectivity index (χ1n) is 12.3. The molecule has 3 unspecified atom stereocenters. The van der Waals surface area contributed by atoms with Crippen molar-refractivity contribution in [1.82, 2.24) is 25.3 Å². The summed E-state index contributed by atoms with van der Waals surface area (Å²) in [5, 5.41) is 20.8. The van der Waals surface area contributed by atoms with Gasteiger partial charge in [-0.15, -0.1) is 0 Å². The summed E-state index contributed by atoms with van der Waals surface area (Å²) >= 11 is 6.59. The van der Waals surface area contributed by atoms with Crippen molar-refractivity contribution in [2.24, 2.45) is 0 Å². The van der Waals surface area contributed by atoms with E-state index in [1.807, 2.05) is 32.7 Å². The van der Waals surface area contributed by atoms with Gasteiger partial charge in [0, 0.05) is 30.8 Å². The number of aryl methyl sites for hydroxylation is 2. The fourth-order valence-corrected chi connectivity index (χ4v) is 4.69. The number of hydrogen-bond acceptors (Lipinski definition) is 9. The highest BCUT2D eigenvalue weighted by atomic mass is 35.5. The molecule has 4 rings (SSSR count). The molecular formula is C26H34ClFN6O3. The highest BCUT2D eigenvalue weighted by Gasteiger charge is 2.29. The zero-order chi connectivity index (χ0) is 26.7. The number of ether oxygens (including phenoxy) is 1. The van der Waals surface area contributed by atoms with E-state index in [9.17, 15) is 9.50 Å². The van der Waals surface area contributed by atoms with Gasteiger partial charge < -0.3 is 29.9 Å². The third-order valence-corrected chi connectivity index (χ3v) is 6.87. The van der Waals surface area contributed by atoms with Gasteiger partial charge in [-0.05, 0) is 59.5 Å². The average molecular weight is 533 g/mol. The Hall–Kier alpha value is -2.79. The summed E-state index contributed by atoms with van der Waals surface area (Å²) in [5.74, 6) is 2.04. The van der Waals surface area contributed by atoms with Gasteiger partial charge in [-0.25, -0.2) is 14.4 Å². The summed E-state index contributed by atoms with van der Waals surface area (Å²) in [6, 6.07) is 4.80. The van der Waals surface area contributed by atoms with Gasteiger partial charge in [0.15, 0.2) is 5.82 Å². The smallest absolute Gasteiger partial charge is 0.163 e. The van der Waals surface area contributed by atoms with Crippen LogP contribution in [0.4, 0.5) is 10.2 Å². The number of rotatable bonds is 9. The first kappa shape index (κ1) is 27.3. The van der Waals surface area contributed by atoms with Crippen LogP contribution in [0.5, 0.6) is 5.75 Å². The molecule has 3 aromatic rings. The fraction of sp³-hybridized carbons (Fsp3) is 0.500. The number of likely N-dealkylation sites (tertiary alicyclic amines) is 1. The minimum absolute atomic E-state index is 0.113. The molecule has 0 bridgehead atoms. The van der Waals surface area contributed by atoms with Gasteiger partial charge in [-0.1, -0.05) is 16.8 Å². The van der Waals surface area contributed by atoms with E-state index in [4.69, 9.17) is 30.8 Å². The van der Waals surface area contributed by atoms with Gasteiger partial charge in [0.1, 0.15) is 36.2 Å². The van der Waals surface area contributed by atoms with Crippen molar-refractivity contribution in [2.45, 2.75) is 45.5 Å². The van der Waals surface area contributed by atoms with Gasteiger partial charge in [0.2, 0.25) is 0 Å². The molecule has 3 N–H and O–H groups in total. The summed E-state index contributed by atoms with van der Waals surface area (Å²) in [6.07, 6.45) is -1.05. The normalized spacial score (nSPS) is 19.1. The number of aliphatic hydroxyl groups is 1. The zero-order valence-electron chi connectivity index (χ0n) is 21.8. The second kappa shape index (κ2) is 11.7. The lowest BCUT2D eigenvalue weighted by atomic mass is 10.0. The fourth-order valence-electron chi connectivity index (χ4n) is 4.49. The molecule has 0 saturated carbocycles. The summed E-state index contributed by atoms with van der Waals surface area (Å²) < 4.78 is 26.1. The molecular weight excluding hydrogens is 499 g/mol. The van der Waals surface area contributed by atoms with Gasteiger partial charge in [0.05, 0.1) is 28.0 Å². The van der Waals surface area contributed by atoms with E-state index in [0.717, 1.165) is 17.7 Å². The van der Waals surface area contributed by atoms with Crippen LogP contribution in [0.15, 0.2) is 22.7 Å². The third kappa shape index (κ3) is 6.20. The molecule has 37 heavy (non-hydrogen) atoms. The Morgan fingerprint density at radius 3 is 2.76 bits per heavy atom. The Morgan fingerprint density at radius 2 is 2.08 bits per heavy atom. The lowest BCUT2D eigenvalue weighted by Gasteiger charge is -2.33. The molecule has 1 aliphatic rings. The molecule has 1 aliphatic heterocycles. The molecule has 1 aromatic carbocycles. The predicted molar refractivity (Wildman–Crippen MR) is 142 cm³/mol. The Bertz CT molecular complexity index is 1220. The van der Waals surface area contributed by atoms with Gasteiger partial charge in [0.25, 0.3) is 0 Å². The van der Waals surface area contributed by atoms with E-state index in [1.165, 1.54) is 0 Å². The molecule has 0 spiro atoms. The Morgan fingerprint density at radius 1 is 1.30 bits per heavy atom. The molecule has 200 valence electrons. The van der Waals surface area contributed by atoms with Crippen LogP contribution in [0.25, 0.3) is 22.6 Å². The number of nitrogens with one attached hydrogen (secondary N) is 2. The van der Waals surface area contributed by atoms with Crippen LogP contribution in [0.2, 0.25) is 5.02 Å². The Balaban J connectivity index is 1.76. The van der Waals surface area contributed by atoms with E-state index in [2.05, 4.69) is 15.8 Å². The summed E-state index contributed by atoms with van der Waals surface area (Å²) in [6.45, 7) is 7.25. The maximum Gasteiger partial charge on any atom is 0.163 e. The molecule has 0 radical (unpaired) electrons. The van der Waals surface area contributed by atoms with Gasteiger partial charge in [-0.2, -0.15) is 0 Å². The number of hydrogen-bond donors (Lipinski definition) is 3. The van der Waals surface area contributed by atoms with E-state index >= 15 is 0 Å². The maximum atomic E-state index is 14.9. The van der Waals surface area contributed by atoms with Crippen LogP contribution >= 0.6 is 11.6 Å². The zero-order valence-corrected chi connectivity index (χ0v) is 22.6. The predicted octanol–water partition coefficient (Wildman–Crippen LogP) is 3.79. The molecule has 0 aliphatic carbocycles. The van der Waals surface area contributed by atoms with Crippen molar-refractivity contribution in [3.63, 3.8) is 0 Å². The lowest BCUT2D eigenvalue weighted by molar-refractivity contribution is 0.108. The molecule has 11 heteroatoms. The lowest BCUT2D eigenvalue weighted by Crippen LogP contribution is -2.46. The standard InChI is InChI=1S/C26H34ClFN6O3/c1-14-24(23-15(2)33-37-16(23)3)31-26(32-25(14)30-22-8-9-34(5)12-21(22)28)19-10-18(6-7-20(19)27)36-13-17(35)11-29-4/h6-7,10,17,21-22,29,35H,8-9,11-13H2,1-5H3,(H,30,31,32). The van der Waals surface area contributed by atoms with Crippen molar-refractivity contribution >= 4 is 17.4 Å². The van der Waals surface area contributed by atoms with E-state index in [1.54, 1.807) is 25.2 Å². The number of halogens is 2. The third-order valence-electron chi connectivity index (χ3n) is 6.54. The van der Waals surface area contributed by atoms with E-state index < -0.39 is 12.3 Å². The molecule has 1 saturated heterocycles. The van der Waals surface area contributed by atoms with Gasteiger partial charge >= 0.3 is 0 Å². The maximum absolute atomic E-state index is 14.9. The monoisotopic (exact) mass is 532 g/mol. The molecule has 3 heterocycles. The number of nitrogens with zero attached hydrogens (tertiary/aromatic N) is 4. The number of aromatic nitrogens is 3. The van der Waals surface area contributed by atoms with Crippen molar-refractivity contribution in [2.75, 3.05) is 45.7 Å². The highest BCUT2D eigenvalue weighted by Crippen LogP contribution is 2.36. The number of piperidine rings is 1. The number of alkyl halides is 1. The van der Waals surface area contributed by atoms with Crippen molar-refractivity contribution in [3.8, 4) is 28.4 Å². The molecule has 1 fully saturated rings.